The van der Waals surface area contributed by atoms with E-state index in [0.29, 0.717) is 23.5 Å². The summed E-state index contributed by atoms with van der Waals surface area (Å²) in [5.41, 5.74) is 0.377. The summed E-state index contributed by atoms with van der Waals surface area (Å²) in [6.07, 6.45) is 6.69. The van der Waals surface area contributed by atoms with Crippen molar-refractivity contribution >= 4 is 5.96 Å². The Morgan fingerprint density at radius 1 is 1.39 bits per heavy atom. The lowest BCUT2D eigenvalue weighted by molar-refractivity contribution is -0.168. The van der Waals surface area contributed by atoms with E-state index in [2.05, 4.69) is 31.1 Å². The first-order valence-electron chi connectivity index (χ1n) is 9.41. The van der Waals surface area contributed by atoms with Gasteiger partial charge in [-0.1, -0.05) is 6.42 Å². The van der Waals surface area contributed by atoms with Crippen molar-refractivity contribution < 1.29 is 9.47 Å². The molecule has 5 nitrogen and oxygen atoms in total. The Bertz CT molecular complexity index is 416. The number of ether oxygens (including phenoxy) is 2. The van der Waals surface area contributed by atoms with Gasteiger partial charge in [0, 0.05) is 50.7 Å². The lowest BCUT2D eigenvalue weighted by atomic mass is 9.51. The van der Waals surface area contributed by atoms with E-state index in [9.17, 15) is 0 Å². The monoisotopic (exact) mass is 323 g/mol. The zero-order chi connectivity index (χ0) is 16.3. The van der Waals surface area contributed by atoms with E-state index in [0.717, 1.165) is 45.3 Å². The third-order valence-electron chi connectivity index (χ3n) is 5.97. The molecule has 23 heavy (non-hydrogen) atoms. The average molecular weight is 323 g/mol. The molecule has 3 rings (SSSR count). The molecule has 132 valence electrons. The number of nitrogens with one attached hydrogen (secondary N) is 1. The molecule has 0 bridgehead atoms. The maximum absolute atomic E-state index is 5.97. The molecule has 0 aromatic rings. The molecule has 1 spiro atoms. The summed E-state index contributed by atoms with van der Waals surface area (Å²) < 4.78 is 11.5. The van der Waals surface area contributed by atoms with Crippen molar-refractivity contribution in [2.24, 2.45) is 16.3 Å². The molecule has 3 unspecified atom stereocenters. The van der Waals surface area contributed by atoms with Crippen molar-refractivity contribution in [3.05, 3.63) is 0 Å². The third kappa shape index (κ3) is 3.36. The largest absolute Gasteiger partial charge is 0.381 e. The van der Waals surface area contributed by atoms with Crippen LogP contribution in [0.15, 0.2) is 4.99 Å². The van der Waals surface area contributed by atoms with Gasteiger partial charge >= 0.3 is 0 Å². The molecule has 1 aliphatic heterocycles. The Hall–Kier alpha value is -0.810. The van der Waals surface area contributed by atoms with Crippen LogP contribution in [0.4, 0.5) is 0 Å². The lowest BCUT2D eigenvalue weighted by Gasteiger charge is -2.61. The highest BCUT2D eigenvalue weighted by Gasteiger charge is 2.59. The fraction of sp³-hybridized carbons (Fsp3) is 0.944. The van der Waals surface area contributed by atoms with Gasteiger partial charge in [0.2, 0.25) is 0 Å². The fourth-order valence-electron chi connectivity index (χ4n) is 4.42. The topological polar surface area (TPSA) is 46.1 Å². The van der Waals surface area contributed by atoms with Gasteiger partial charge in [0.05, 0.1) is 12.7 Å². The molecular weight excluding hydrogens is 290 g/mol. The van der Waals surface area contributed by atoms with Gasteiger partial charge in [0.1, 0.15) is 0 Å². The van der Waals surface area contributed by atoms with Crippen LogP contribution < -0.4 is 5.32 Å². The number of guanidine groups is 1. The predicted molar refractivity (Wildman–Crippen MR) is 92.8 cm³/mol. The Labute approximate surface area is 140 Å². The Kier molecular flexibility index (Phi) is 5.47. The maximum Gasteiger partial charge on any atom is 0.193 e. The second-order valence-corrected chi connectivity index (χ2v) is 7.37. The van der Waals surface area contributed by atoms with Gasteiger partial charge in [0.15, 0.2) is 5.96 Å². The minimum absolute atomic E-state index is 0.377. The van der Waals surface area contributed by atoms with Crippen LogP contribution in [0.2, 0.25) is 0 Å². The maximum atomic E-state index is 5.97. The summed E-state index contributed by atoms with van der Waals surface area (Å²) in [5, 5.41) is 3.76. The SMILES string of the molecule is CCN=C(NC1CC(OCC)C12CCC2)N(C)CC1CCOC1. The van der Waals surface area contributed by atoms with Gasteiger partial charge < -0.3 is 19.7 Å². The first kappa shape index (κ1) is 17.0. The summed E-state index contributed by atoms with van der Waals surface area (Å²) >= 11 is 0. The van der Waals surface area contributed by atoms with Crippen LogP contribution in [-0.2, 0) is 9.47 Å². The van der Waals surface area contributed by atoms with Crippen LogP contribution in [0.5, 0.6) is 0 Å². The quantitative estimate of drug-likeness (QED) is 0.602. The Balaban J connectivity index is 1.58. The number of hydrogen-bond donors (Lipinski definition) is 1. The minimum atomic E-state index is 0.377. The molecule has 1 heterocycles. The second kappa shape index (κ2) is 7.39. The van der Waals surface area contributed by atoms with Crippen molar-refractivity contribution in [3.8, 4) is 0 Å². The summed E-state index contributed by atoms with van der Waals surface area (Å²) in [5.74, 6) is 1.70. The molecular formula is C18H33N3O2. The number of rotatable bonds is 6. The zero-order valence-electron chi connectivity index (χ0n) is 15.0. The Morgan fingerprint density at radius 3 is 2.78 bits per heavy atom. The van der Waals surface area contributed by atoms with Crippen molar-refractivity contribution in [1.82, 2.24) is 10.2 Å². The van der Waals surface area contributed by atoms with Gasteiger partial charge in [-0.05, 0) is 39.5 Å². The fourth-order valence-corrected chi connectivity index (χ4v) is 4.42. The zero-order valence-corrected chi connectivity index (χ0v) is 15.0. The van der Waals surface area contributed by atoms with E-state index in [1.807, 2.05) is 0 Å². The molecule has 3 fully saturated rings. The molecule has 0 radical (unpaired) electrons. The van der Waals surface area contributed by atoms with Gasteiger partial charge in [-0.2, -0.15) is 0 Å². The molecule has 3 atom stereocenters. The molecule has 0 aromatic heterocycles. The van der Waals surface area contributed by atoms with Crippen LogP contribution in [0.25, 0.3) is 0 Å². The van der Waals surface area contributed by atoms with E-state index in [-0.39, 0.29) is 0 Å². The van der Waals surface area contributed by atoms with Crippen LogP contribution >= 0.6 is 0 Å². The standard InChI is InChI=1S/C18H33N3O2/c1-4-19-17(21(3)12-14-7-10-22-13-14)20-15-11-16(23-5-2)18(15)8-6-9-18/h14-16H,4-13H2,1-3H3,(H,19,20). The summed E-state index contributed by atoms with van der Waals surface area (Å²) in [4.78, 5) is 7.03. The van der Waals surface area contributed by atoms with Crippen molar-refractivity contribution in [3.63, 3.8) is 0 Å². The van der Waals surface area contributed by atoms with Crippen LogP contribution in [0, 0.1) is 11.3 Å². The molecule has 1 saturated heterocycles. The van der Waals surface area contributed by atoms with Crippen LogP contribution in [0.1, 0.15) is 46.0 Å². The molecule has 2 aliphatic carbocycles. The normalized spacial score (nSPS) is 32.5. The van der Waals surface area contributed by atoms with Crippen molar-refractivity contribution in [2.45, 2.75) is 58.1 Å². The van der Waals surface area contributed by atoms with Crippen LogP contribution in [-0.4, -0.2) is 63.0 Å². The number of aliphatic imine (C=N–C) groups is 1. The molecule has 0 aromatic carbocycles. The first-order valence-corrected chi connectivity index (χ1v) is 9.41. The minimum Gasteiger partial charge on any atom is -0.381 e. The second-order valence-electron chi connectivity index (χ2n) is 7.37. The van der Waals surface area contributed by atoms with Gasteiger partial charge in [-0.25, -0.2) is 0 Å². The predicted octanol–water partition coefficient (Wildman–Crippen LogP) is 2.27. The van der Waals surface area contributed by atoms with Gasteiger partial charge in [-0.3, -0.25) is 4.99 Å². The van der Waals surface area contributed by atoms with Crippen molar-refractivity contribution in [2.75, 3.05) is 40.0 Å². The van der Waals surface area contributed by atoms with E-state index in [1.54, 1.807) is 0 Å². The first-order chi connectivity index (χ1) is 11.2. The van der Waals surface area contributed by atoms with E-state index in [4.69, 9.17) is 14.5 Å². The molecule has 2 saturated carbocycles. The van der Waals surface area contributed by atoms with Gasteiger partial charge in [-0.15, -0.1) is 0 Å². The summed E-state index contributed by atoms with van der Waals surface area (Å²) in [6, 6.07) is 0.528. The average Bonchev–Trinajstić information content (AvgIpc) is 2.96. The molecule has 1 N–H and O–H groups in total. The molecule has 5 heteroatoms. The highest BCUT2D eigenvalue weighted by molar-refractivity contribution is 5.80. The van der Waals surface area contributed by atoms with Crippen molar-refractivity contribution in [1.29, 1.82) is 0 Å². The number of nitrogens with zero attached hydrogens (tertiary/aromatic N) is 2. The van der Waals surface area contributed by atoms with Gasteiger partial charge in [0.25, 0.3) is 0 Å². The third-order valence-corrected chi connectivity index (χ3v) is 5.97. The lowest BCUT2D eigenvalue weighted by Crippen LogP contribution is -2.68. The molecule has 3 aliphatic rings. The highest BCUT2D eigenvalue weighted by atomic mass is 16.5. The van der Waals surface area contributed by atoms with E-state index >= 15 is 0 Å². The highest BCUT2D eigenvalue weighted by Crippen LogP contribution is 2.57. The Morgan fingerprint density at radius 2 is 2.22 bits per heavy atom. The smallest absolute Gasteiger partial charge is 0.193 e. The van der Waals surface area contributed by atoms with Crippen LogP contribution in [0.3, 0.4) is 0 Å². The van der Waals surface area contributed by atoms with E-state index in [1.165, 1.54) is 25.7 Å². The molecule has 0 amide bonds. The van der Waals surface area contributed by atoms with E-state index < -0.39 is 0 Å². The summed E-state index contributed by atoms with van der Waals surface area (Å²) in [7, 11) is 2.16. The summed E-state index contributed by atoms with van der Waals surface area (Å²) in [6.45, 7) is 8.70. The number of hydrogen-bond acceptors (Lipinski definition) is 3.